The standard InChI is InChI=1S/C16H21N3O.C7H8O3S/c1-12-8-14(10-16(2,3)9-12)17-18-15(20)13-6-5-7-19(4)11-13;1-6-2-4-7(5-3-6)11(8,9)10/h5-8,11H,9-10H2,1-4H3;2-5H,1H3,(H,8,9,10)/p+1/b17-14+;. The lowest BCUT2D eigenvalue weighted by atomic mass is 9.77. The summed E-state index contributed by atoms with van der Waals surface area (Å²) in [6.07, 6.45) is 7.69. The highest BCUT2D eigenvalue weighted by atomic mass is 32.2. The summed E-state index contributed by atoms with van der Waals surface area (Å²) in [4.78, 5) is 12.0. The van der Waals surface area contributed by atoms with Gasteiger partial charge in [-0.2, -0.15) is 13.5 Å². The molecule has 1 aliphatic rings. The van der Waals surface area contributed by atoms with Crippen LogP contribution in [0.5, 0.6) is 0 Å². The molecule has 31 heavy (non-hydrogen) atoms. The zero-order chi connectivity index (χ0) is 23.2. The van der Waals surface area contributed by atoms with Gasteiger partial charge in [-0.3, -0.25) is 9.35 Å². The number of nitrogens with zero attached hydrogens (tertiary/aromatic N) is 2. The number of aryl methyl sites for hydroxylation is 2. The van der Waals surface area contributed by atoms with Crippen molar-refractivity contribution in [2.75, 3.05) is 0 Å². The molecule has 1 aromatic heterocycles. The van der Waals surface area contributed by atoms with Gasteiger partial charge in [-0.25, -0.2) is 9.99 Å². The second-order valence-corrected chi connectivity index (χ2v) is 10.0. The highest BCUT2D eigenvalue weighted by Crippen LogP contribution is 2.33. The summed E-state index contributed by atoms with van der Waals surface area (Å²) in [5, 5.41) is 4.27. The molecule has 0 unspecified atom stereocenters. The summed E-state index contributed by atoms with van der Waals surface area (Å²) in [5.41, 5.74) is 6.66. The van der Waals surface area contributed by atoms with Gasteiger partial charge in [0.25, 0.3) is 16.0 Å². The van der Waals surface area contributed by atoms with Crippen molar-refractivity contribution in [3.8, 4) is 0 Å². The number of aromatic nitrogens is 1. The van der Waals surface area contributed by atoms with E-state index in [9.17, 15) is 13.2 Å². The minimum absolute atomic E-state index is 0.0666. The van der Waals surface area contributed by atoms with Crippen LogP contribution in [0.1, 0.15) is 49.5 Å². The summed E-state index contributed by atoms with van der Waals surface area (Å²) >= 11 is 0. The van der Waals surface area contributed by atoms with Crippen molar-refractivity contribution in [1.29, 1.82) is 0 Å². The lowest BCUT2D eigenvalue weighted by Gasteiger charge is -2.29. The molecule has 1 aliphatic carbocycles. The monoisotopic (exact) mass is 444 g/mol. The average Bonchev–Trinajstić information content (AvgIpc) is 2.64. The van der Waals surface area contributed by atoms with Crippen LogP contribution in [0.25, 0.3) is 0 Å². The van der Waals surface area contributed by atoms with Crippen LogP contribution < -0.4 is 9.99 Å². The number of carbonyl (C=O) groups excluding carboxylic acids is 1. The first-order chi connectivity index (χ1) is 14.4. The number of carbonyl (C=O) groups is 1. The van der Waals surface area contributed by atoms with Gasteiger partial charge in [0.15, 0.2) is 12.4 Å². The number of allylic oxidation sites excluding steroid dienone is 2. The smallest absolute Gasteiger partial charge is 0.282 e. The zero-order valence-electron chi connectivity index (χ0n) is 18.6. The zero-order valence-corrected chi connectivity index (χ0v) is 19.4. The van der Waals surface area contributed by atoms with E-state index in [1.165, 1.54) is 17.7 Å². The molecule has 0 atom stereocenters. The minimum atomic E-state index is -4.02. The fraction of sp³-hybridized carbons (Fsp3) is 0.348. The van der Waals surface area contributed by atoms with Crippen molar-refractivity contribution in [1.82, 2.24) is 5.43 Å². The first-order valence-corrected chi connectivity index (χ1v) is 11.3. The lowest BCUT2D eigenvalue weighted by molar-refractivity contribution is -0.671. The van der Waals surface area contributed by atoms with E-state index in [-0.39, 0.29) is 16.2 Å². The van der Waals surface area contributed by atoms with Crippen molar-refractivity contribution in [2.45, 2.75) is 45.4 Å². The summed E-state index contributed by atoms with van der Waals surface area (Å²) in [6.45, 7) is 8.39. The molecule has 7 nitrogen and oxygen atoms in total. The van der Waals surface area contributed by atoms with Gasteiger partial charge in [0.05, 0.1) is 10.6 Å². The predicted octanol–water partition coefficient (Wildman–Crippen LogP) is 3.60. The largest absolute Gasteiger partial charge is 0.294 e. The van der Waals surface area contributed by atoms with Gasteiger partial charge >= 0.3 is 0 Å². The highest BCUT2D eigenvalue weighted by Gasteiger charge is 2.24. The molecule has 0 aliphatic heterocycles. The Balaban J connectivity index is 0.000000262. The first-order valence-electron chi connectivity index (χ1n) is 9.89. The number of pyridine rings is 1. The van der Waals surface area contributed by atoms with E-state index in [2.05, 4.69) is 37.4 Å². The molecule has 0 radical (unpaired) electrons. The number of benzene rings is 1. The Morgan fingerprint density at radius 3 is 2.32 bits per heavy atom. The molecule has 1 amide bonds. The molecule has 2 aromatic rings. The van der Waals surface area contributed by atoms with Crippen molar-refractivity contribution in [3.63, 3.8) is 0 Å². The molecule has 0 spiro atoms. The Bertz CT molecular complexity index is 1100. The van der Waals surface area contributed by atoms with E-state index < -0.39 is 10.1 Å². The molecule has 0 saturated carbocycles. The summed E-state index contributed by atoms with van der Waals surface area (Å²) in [7, 11) is -2.13. The van der Waals surface area contributed by atoms with Crippen molar-refractivity contribution in [2.24, 2.45) is 17.6 Å². The van der Waals surface area contributed by atoms with Gasteiger partial charge in [-0.1, -0.05) is 37.1 Å². The number of hydrogen-bond donors (Lipinski definition) is 2. The van der Waals surface area contributed by atoms with E-state index in [1.807, 2.05) is 30.8 Å². The Morgan fingerprint density at radius 2 is 1.77 bits per heavy atom. The summed E-state index contributed by atoms with van der Waals surface area (Å²) in [5.74, 6) is -0.178. The molecular weight excluding hydrogens is 414 g/mol. The van der Waals surface area contributed by atoms with Crippen LogP contribution in [0.4, 0.5) is 0 Å². The number of hydrazone groups is 1. The van der Waals surface area contributed by atoms with Gasteiger partial charge in [-0.15, -0.1) is 0 Å². The van der Waals surface area contributed by atoms with Crippen molar-refractivity contribution >= 4 is 21.7 Å². The molecule has 0 fully saturated rings. The van der Waals surface area contributed by atoms with Gasteiger partial charge in [0, 0.05) is 6.07 Å². The molecule has 8 heteroatoms. The predicted molar refractivity (Wildman–Crippen MR) is 120 cm³/mol. The molecule has 2 N–H and O–H groups in total. The summed E-state index contributed by atoms with van der Waals surface area (Å²) in [6, 6.07) is 9.61. The van der Waals surface area contributed by atoms with Gasteiger partial charge in [-0.05, 0) is 56.4 Å². The third-order valence-electron chi connectivity index (χ3n) is 4.65. The van der Waals surface area contributed by atoms with Crippen LogP contribution in [0.15, 0.2) is 70.4 Å². The van der Waals surface area contributed by atoms with Crippen LogP contribution in [-0.2, 0) is 17.2 Å². The van der Waals surface area contributed by atoms with Crippen LogP contribution in [0, 0.1) is 12.3 Å². The molecule has 166 valence electrons. The van der Waals surface area contributed by atoms with Crippen LogP contribution in [0.2, 0.25) is 0 Å². The maximum absolute atomic E-state index is 12.0. The first kappa shape index (κ1) is 24.4. The molecule has 0 bridgehead atoms. The SMILES string of the molecule is CC1=C/C(=N\NC(=O)c2ccc[n+](C)c2)CC(C)(C)C1.Cc1ccc(S(=O)(=O)O)cc1. The maximum atomic E-state index is 12.0. The fourth-order valence-electron chi connectivity index (χ4n) is 3.39. The maximum Gasteiger partial charge on any atom is 0.294 e. The fourth-order valence-corrected chi connectivity index (χ4v) is 3.87. The Hall–Kier alpha value is -2.84. The Morgan fingerprint density at radius 1 is 1.13 bits per heavy atom. The Kier molecular flexibility index (Phi) is 7.86. The summed E-state index contributed by atoms with van der Waals surface area (Å²) < 4.78 is 31.4. The number of amides is 1. The molecule has 0 saturated heterocycles. The van der Waals surface area contributed by atoms with Gasteiger partial charge < -0.3 is 0 Å². The van der Waals surface area contributed by atoms with Crippen LogP contribution in [-0.4, -0.2) is 24.6 Å². The van der Waals surface area contributed by atoms with Crippen LogP contribution in [0.3, 0.4) is 0 Å². The third-order valence-corrected chi connectivity index (χ3v) is 5.52. The quantitative estimate of drug-likeness (QED) is 0.429. The minimum Gasteiger partial charge on any atom is -0.282 e. The second-order valence-electron chi connectivity index (χ2n) is 8.60. The van der Waals surface area contributed by atoms with E-state index in [4.69, 9.17) is 4.55 Å². The normalized spacial score (nSPS) is 16.7. The van der Waals surface area contributed by atoms with Crippen molar-refractivity contribution < 1.29 is 22.3 Å². The van der Waals surface area contributed by atoms with Gasteiger partial charge in [0.2, 0.25) is 0 Å². The average molecular weight is 445 g/mol. The molecular formula is C23H30N3O4S+. The highest BCUT2D eigenvalue weighted by molar-refractivity contribution is 7.85. The van der Waals surface area contributed by atoms with E-state index >= 15 is 0 Å². The topological polar surface area (TPSA) is 99.7 Å². The second kappa shape index (κ2) is 9.98. The third kappa shape index (κ3) is 8.07. The molecule has 1 heterocycles. The number of rotatable bonds is 3. The lowest BCUT2D eigenvalue weighted by Crippen LogP contribution is -2.30. The van der Waals surface area contributed by atoms with E-state index in [1.54, 1.807) is 24.4 Å². The number of nitrogens with one attached hydrogen (secondary N) is 1. The van der Waals surface area contributed by atoms with E-state index in [0.717, 1.165) is 24.1 Å². The number of hydrogen-bond acceptors (Lipinski definition) is 4. The molecule has 1 aromatic carbocycles. The van der Waals surface area contributed by atoms with Gasteiger partial charge in [0.1, 0.15) is 12.6 Å². The van der Waals surface area contributed by atoms with Crippen molar-refractivity contribution in [3.05, 3.63) is 71.6 Å². The van der Waals surface area contributed by atoms with E-state index in [0.29, 0.717) is 5.56 Å². The Labute approximate surface area is 184 Å². The molecule has 3 rings (SSSR count). The van der Waals surface area contributed by atoms with Crippen LogP contribution >= 0.6 is 0 Å².